The first-order chi connectivity index (χ1) is 19.1. The van der Waals surface area contributed by atoms with Gasteiger partial charge in [-0.1, -0.05) is 61.2 Å². The summed E-state index contributed by atoms with van der Waals surface area (Å²) in [6.07, 6.45) is 4.97. The van der Waals surface area contributed by atoms with Crippen LogP contribution in [0.15, 0.2) is 83.8 Å². The van der Waals surface area contributed by atoms with Crippen molar-refractivity contribution in [3.05, 3.63) is 95.3 Å². The molecule has 0 aromatic heterocycles. The summed E-state index contributed by atoms with van der Waals surface area (Å²) in [6, 6.07) is 18.7. The van der Waals surface area contributed by atoms with Crippen LogP contribution in [-0.4, -0.2) is 43.8 Å². The van der Waals surface area contributed by atoms with Crippen LogP contribution in [0.3, 0.4) is 0 Å². The third-order valence-corrected chi connectivity index (χ3v) is 9.11. The Morgan fingerprint density at radius 2 is 1.65 bits per heavy atom. The minimum Gasteiger partial charge on any atom is -0.352 e. The molecular weight excluding hydrogens is 553 g/mol. The Kier molecular flexibility index (Phi) is 9.81. The molecule has 212 valence electrons. The van der Waals surface area contributed by atoms with E-state index in [-0.39, 0.29) is 29.1 Å². The van der Waals surface area contributed by atoms with Crippen LogP contribution in [-0.2, 0) is 26.2 Å². The highest BCUT2D eigenvalue weighted by molar-refractivity contribution is 7.92. The van der Waals surface area contributed by atoms with E-state index in [9.17, 15) is 22.4 Å². The molecule has 1 N–H and O–H groups in total. The molecule has 40 heavy (non-hydrogen) atoms. The third-order valence-electron chi connectivity index (χ3n) is 7.09. The summed E-state index contributed by atoms with van der Waals surface area (Å²) in [5, 5.41) is 3.54. The van der Waals surface area contributed by atoms with E-state index in [1.54, 1.807) is 49.4 Å². The van der Waals surface area contributed by atoms with Crippen molar-refractivity contribution >= 4 is 39.1 Å². The molecule has 10 heteroatoms. The zero-order valence-corrected chi connectivity index (χ0v) is 23.9. The largest absolute Gasteiger partial charge is 0.352 e. The van der Waals surface area contributed by atoms with Gasteiger partial charge >= 0.3 is 0 Å². The first kappa shape index (κ1) is 29.6. The summed E-state index contributed by atoms with van der Waals surface area (Å²) < 4.78 is 42.1. The Morgan fingerprint density at radius 3 is 2.30 bits per heavy atom. The number of hydrogen-bond acceptors (Lipinski definition) is 4. The van der Waals surface area contributed by atoms with E-state index in [0.29, 0.717) is 10.6 Å². The van der Waals surface area contributed by atoms with Crippen LogP contribution in [0, 0.1) is 5.82 Å². The molecule has 4 rings (SSSR count). The smallest absolute Gasteiger partial charge is 0.264 e. The van der Waals surface area contributed by atoms with Crippen LogP contribution in [0.4, 0.5) is 10.1 Å². The van der Waals surface area contributed by atoms with Crippen LogP contribution in [0.2, 0.25) is 5.02 Å². The number of anilines is 1. The van der Waals surface area contributed by atoms with Crippen LogP contribution in [0.5, 0.6) is 0 Å². The fraction of sp³-hybridized carbons (Fsp3) is 0.333. The normalized spacial score (nSPS) is 14.8. The predicted molar refractivity (Wildman–Crippen MR) is 154 cm³/mol. The molecule has 0 aliphatic heterocycles. The molecule has 0 radical (unpaired) electrons. The van der Waals surface area contributed by atoms with E-state index in [1.165, 1.54) is 29.2 Å². The second-order valence-electron chi connectivity index (χ2n) is 9.97. The van der Waals surface area contributed by atoms with Crippen LogP contribution < -0.4 is 9.62 Å². The lowest BCUT2D eigenvalue weighted by Crippen LogP contribution is -2.53. The summed E-state index contributed by atoms with van der Waals surface area (Å²) in [5.41, 5.74) is 0.818. The predicted octanol–water partition coefficient (Wildman–Crippen LogP) is 5.54. The maximum Gasteiger partial charge on any atom is 0.264 e. The lowest BCUT2D eigenvalue weighted by atomic mass is 9.95. The monoisotopic (exact) mass is 585 g/mol. The summed E-state index contributed by atoms with van der Waals surface area (Å²) in [6.45, 7) is 1.08. The second-order valence-corrected chi connectivity index (χ2v) is 12.3. The zero-order chi connectivity index (χ0) is 28.7. The van der Waals surface area contributed by atoms with Gasteiger partial charge < -0.3 is 10.2 Å². The van der Waals surface area contributed by atoms with Gasteiger partial charge in [-0.25, -0.2) is 12.8 Å². The fourth-order valence-electron chi connectivity index (χ4n) is 4.84. The van der Waals surface area contributed by atoms with E-state index < -0.39 is 34.3 Å². The van der Waals surface area contributed by atoms with E-state index in [4.69, 9.17) is 11.6 Å². The standard InChI is InChI=1S/C30H33ClFN3O4S/c1-22(30(37)33-26-11-4-2-5-12-26)34(20-23-9-8-10-24(31)19-23)29(36)21-35(27-17-15-25(32)16-18-27)40(38,39)28-13-6-3-7-14-28/h3,6-10,13-19,22,26H,2,4-5,11-12,20-21H2,1H3,(H,33,37). The molecule has 7 nitrogen and oxygen atoms in total. The van der Waals surface area contributed by atoms with Crippen molar-refractivity contribution in [2.45, 2.75) is 62.6 Å². The number of hydrogen-bond donors (Lipinski definition) is 1. The van der Waals surface area contributed by atoms with Crippen molar-refractivity contribution in [1.82, 2.24) is 10.2 Å². The SMILES string of the molecule is CC(C(=O)NC1CCCCC1)N(Cc1cccc(Cl)c1)C(=O)CN(c1ccc(F)cc1)S(=O)(=O)c1ccccc1. The summed E-state index contributed by atoms with van der Waals surface area (Å²) in [4.78, 5) is 28.6. The van der Waals surface area contributed by atoms with Crippen LogP contribution in [0.1, 0.15) is 44.6 Å². The summed E-state index contributed by atoms with van der Waals surface area (Å²) >= 11 is 6.18. The minimum absolute atomic E-state index is 0.0170. The molecule has 1 saturated carbocycles. The Hall–Kier alpha value is -3.43. The molecule has 1 aliphatic rings. The van der Waals surface area contributed by atoms with Gasteiger partial charge in [0.2, 0.25) is 11.8 Å². The fourth-order valence-corrected chi connectivity index (χ4v) is 6.49. The number of halogens is 2. The topological polar surface area (TPSA) is 86.8 Å². The number of rotatable bonds is 10. The highest BCUT2D eigenvalue weighted by Crippen LogP contribution is 2.25. The maximum absolute atomic E-state index is 13.9. The Morgan fingerprint density at radius 1 is 0.975 bits per heavy atom. The minimum atomic E-state index is -4.20. The van der Waals surface area contributed by atoms with E-state index in [2.05, 4.69) is 5.32 Å². The van der Waals surface area contributed by atoms with E-state index in [0.717, 1.165) is 48.5 Å². The molecule has 0 saturated heterocycles. The summed E-state index contributed by atoms with van der Waals surface area (Å²) in [5.74, 6) is -1.43. The molecule has 0 bridgehead atoms. The van der Waals surface area contributed by atoms with Gasteiger partial charge in [-0.05, 0) is 73.9 Å². The Bertz CT molecular complexity index is 1410. The average Bonchev–Trinajstić information content (AvgIpc) is 2.95. The number of nitrogens with zero attached hydrogens (tertiary/aromatic N) is 2. The number of nitrogens with one attached hydrogen (secondary N) is 1. The highest BCUT2D eigenvalue weighted by atomic mass is 35.5. The second kappa shape index (κ2) is 13.3. The molecule has 1 unspecified atom stereocenters. The van der Waals surface area contributed by atoms with Crippen molar-refractivity contribution in [3.63, 3.8) is 0 Å². The van der Waals surface area contributed by atoms with Gasteiger partial charge in [0, 0.05) is 17.6 Å². The lowest BCUT2D eigenvalue weighted by Gasteiger charge is -2.33. The van der Waals surface area contributed by atoms with E-state index >= 15 is 0 Å². The van der Waals surface area contributed by atoms with Crippen molar-refractivity contribution in [2.24, 2.45) is 0 Å². The van der Waals surface area contributed by atoms with Gasteiger partial charge in [0.25, 0.3) is 10.0 Å². The first-order valence-corrected chi connectivity index (χ1v) is 15.1. The molecule has 3 aromatic rings. The number of amides is 2. The number of benzene rings is 3. The van der Waals surface area contributed by atoms with Gasteiger partial charge in [0.15, 0.2) is 0 Å². The first-order valence-electron chi connectivity index (χ1n) is 13.3. The van der Waals surface area contributed by atoms with Gasteiger partial charge in [0.05, 0.1) is 10.6 Å². The molecule has 3 aromatic carbocycles. The lowest BCUT2D eigenvalue weighted by molar-refractivity contribution is -0.139. The van der Waals surface area contributed by atoms with Gasteiger partial charge in [-0.3, -0.25) is 13.9 Å². The van der Waals surface area contributed by atoms with Crippen molar-refractivity contribution in [2.75, 3.05) is 10.8 Å². The zero-order valence-electron chi connectivity index (χ0n) is 22.3. The number of carbonyl (C=O) groups is 2. The molecular formula is C30H33ClFN3O4S. The van der Waals surface area contributed by atoms with Crippen LogP contribution in [0.25, 0.3) is 0 Å². The molecule has 1 atom stereocenters. The molecule has 2 amide bonds. The molecule has 1 aliphatic carbocycles. The Balaban J connectivity index is 1.66. The summed E-state index contributed by atoms with van der Waals surface area (Å²) in [7, 11) is -4.20. The third kappa shape index (κ3) is 7.40. The van der Waals surface area contributed by atoms with Crippen LogP contribution >= 0.6 is 11.6 Å². The molecule has 1 fully saturated rings. The van der Waals surface area contributed by atoms with Crippen molar-refractivity contribution in [1.29, 1.82) is 0 Å². The van der Waals surface area contributed by atoms with Crippen molar-refractivity contribution < 1.29 is 22.4 Å². The molecule has 0 heterocycles. The van der Waals surface area contributed by atoms with E-state index in [1.807, 2.05) is 0 Å². The number of sulfonamides is 1. The quantitative estimate of drug-likeness (QED) is 0.338. The van der Waals surface area contributed by atoms with Gasteiger partial charge in [0.1, 0.15) is 18.4 Å². The maximum atomic E-state index is 13.9. The van der Waals surface area contributed by atoms with Gasteiger partial charge in [-0.15, -0.1) is 0 Å². The average molecular weight is 586 g/mol. The van der Waals surface area contributed by atoms with Crippen molar-refractivity contribution in [3.8, 4) is 0 Å². The Labute approximate surface area is 240 Å². The number of carbonyl (C=O) groups excluding carboxylic acids is 2. The highest BCUT2D eigenvalue weighted by Gasteiger charge is 2.33. The van der Waals surface area contributed by atoms with Gasteiger partial charge in [-0.2, -0.15) is 0 Å². The molecule has 0 spiro atoms.